The lowest BCUT2D eigenvalue weighted by atomic mass is 10.1. The Balaban J connectivity index is 3.23. The van der Waals surface area contributed by atoms with E-state index in [-0.39, 0.29) is 17.7 Å². The molecule has 3 heteroatoms. The molecule has 0 amide bonds. The van der Waals surface area contributed by atoms with Crippen LogP contribution < -0.4 is 0 Å². The predicted octanol–water partition coefficient (Wildman–Crippen LogP) is 1.19. The maximum absolute atomic E-state index is 12.9. The first-order chi connectivity index (χ1) is 5.29. The van der Waals surface area contributed by atoms with Crippen molar-refractivity contribution in [3.8, 4) is 6.07 Å². The number of aliphatic hydroxyl groups is 1. The van der Waals surface area contributed by atoms with Crippen LogP contribution in [0.15, 0.2) is 18.2 Å². The van der Waals surface area contributed by atoms with Gasteiger partial charge in [0.25, 0.3) is 0 Å². The summed E-state index contributed by atoms with van der Waals surface area (Å²) in [6.07, 6.45) is 0. The molecule has 0 aliphatic rings. The van der Waals surface area contributed by atoms with Crippen LogP contribution in [0, 0.1) is 17.1 Å². The highest BCUT2D eigenvalue weighted by atomic mass is 19.1. The molecule has 2 nitrogen and oxygen atoms in total. The molecular formula is C8H6FNO. The van der Waals surface area contributed by atoms with Crippen LogP contribution in [-0.2, 0) is 6.61 Å². The summed E-state index contributed by atoms with van der Waals surface area (Å²) in [7, 11) is 0. The van der Waals surface area contributed by atoms with Crippen LogP contribution >= 0.6 is 0 Å². The van der Waals surface area contributed by atoms with Crippen molar-refractivity contribution < 1.29 is 9.50 Å². The van der Waals surface area contributed by atoms with Crippen molar-refractivity contribution in [3.05, 3.63) is 35.1 Å². The molecule has 0 aliphatic carbocycles. The van der Waals surface area contributed by atoms with Crippen LogP contribution in [0.5, 0.6) is 0 Å². The van der Waals surface area contributed by atoms with Gasteiger partial charge in [-0.05, 0) is 6.07 Å². The molecule has 0 aliphatic heterocycles. The second-order valence-corrected chi connectivity index (χ2v) is 2.05. The summed E-state index contributed by atoms with van der Waals surface area (Å²) in [5.41, 5.74) is 0.126. The Bertz CT molecular complexity index is 303. The summed E-state index contributed by atoms with van der Waals surface area (Å²) in [4.78, 5) is 0. The van der Waals surface area contributed by atoms with Crippen molar-refractivity contribution in [1.29, 1.82) is 5.26 Å². The molecule has 0 atom stereocenters. The number of nitrogens with zero attached hydrogens (tertiary/aromatic N) is 1. The number of rotatable bonds is 1. The lowest BCUT2D eigenvalue weighted by Crippen LogP contribution is -1.92. The monoisotopic (exact) mass is 151 g/mol. The van der Waals surface area contributed by atoms with Gasteiger partial charge in [0, 0.05) is 5.56 Å². The molecule has 0 unspecified atom stereocenters. The Morgan fingerprint density at radius 2 is 2.27 bits per heavy atom. The summed E-state index contributed by atoms with van der Waals surface area (Å²) in [6.45, 7) is -0.374. The van der Waals surface area contributed by atoms with Gasteiger partial charge in [-0.3, -0.25) is 0 Å². The minimum atomic E-state index is -0.627. The number of aliphatic hydroxyl groups excluding tert-OH is 1. The zero-order chi connectivity index (χ0) is 8.27. The molecule has 11 heavy (non-hydrogen) atoms. The molecule has 0 bridgehead atoms. The van der Waals surface area contributed by atoms with Gasteiger partial charge >= 0.3 is 0 Å². The fourth-order valence-electron chi connectivity index (χ4n) is 0.788. The Labute approximate surface area is 63.5 Å². The molecule has 0 radical (unpaired) electrons. The van der Waals surface area contributed by atoms with E-state index in [1.165, 1.54) is 18.2 Å². The smallest absolute Gasteiger partial charge is 0.146 e. The van der Waals surface area contributed by atoms with E-state index in [1.54, 1.807) is 6.07 Å². The molecule has 1 N–H and O–H groups in total. The fourth-order valence-corrected chi connectivity index (χ4v) is 0.788. The normalized spacial score (nSPS) is 9.18. The fraction of sp³-hybridized carbons (Fsp3) is 0.125. The van der Waals surface area contributed by atoms with Gasteiger partial charge in [-0.1, -0.05) is 12.1 Å². The standard InChI is InChI=1S/C8H6FNO/c9-8-6(4-10)2-1-3-7(8)5-11/h1-3,11H,5H2. The minimum absolute atomic E-state index is 0.0310. The Morgan fingerprint density at radius 3 is 2.82 bits per heavy atom. The lowest BCUT2D eigenvalue weighted by molar-refractivity contribution is 0.275. The lowest BCUT2D eigenvalue weighted by Gasteiger charge is -1.98. The van der Waals surface area contributed by atoms with Crippen LogP contribution in [0.3, 0.4) is 0 Å². The molecule has 56 valence electrons. The third-order valence-electron chi connectivity index (χ3n) is 1.37. The van der Waals surface area contributed by atoms with Gasteiger partial charge in [0.2, 0.25) is 0 Å². The second kappa shape index (κ2) is 3.13. The van der Waals surface area contributed by atoms with E-state index < -0.39 is 5.82 Å². The van der Waals surface area contributed by atoms with Crippen molar-refractivity contribution >= 4 is 0 Å². The van der Waals surface area contributed by atoms with Gasteiger partial charge < -0.3 is 5.11 Å². The van der Waals surface area contributed by atoms with Crippen LogP contribution in [-0.4, -0.2) is 5.11 Å². The quantitative estimate of drug-likeness (QED) is 0.655. The molecule has 1 aromatic rings. The predicted molar refractivity (Wildman–Crippen MR) is 37.0 cm³/mol. The first-order valence-corrected chi connectivity index (χ1v) is 3.08. The minimum Gasteiger partial charge on any atom is -0.392 e. The highest BCUT2D eigenvalue weighted by Crippen LogP contribution is 2.11. The SMILES string of the molecule is N#Cc1cccc(CO)c1F. The van der Waals surface area contributed by atoms with Crippen LogP contribution in [0.2, 0.25) is 0 Å². The van der Waals surface area contributed by atoms with Gasteiger partial charge in [0.15, 0.2) is 0 Å². The van der Waals surface area contributed by atoms with E-state index in [4.69, 9.17) is 10.4 Å². The number of hydrogen-bond donors (Lipinski definition) is 1. The number of nitriles is 1. The highest BCUT2D eigenvalue weighted by Gasteiger charge is 2.04. The Kier molecular flexibility index (Phi) is 2.19. The van der Waals surface area contributed by atoms with Gasteiger partial charge in [-0.2, -0.15) is 5.26 Å². The molecule has 1 rings (SSSR count). The van der Waals surface area contributed by atoms with Crippen LogP contribution in [0.4, 0.5) is 4.39 Å². The molecule has 0 heterocycles. The van der Waals surface area contributed by atoms with E-state index in [2.05, 4.69) is 0 Å². The number of halogens is 1. The first-order valence-electron chi connectivity index (χ1n) is 3.08. The van der Waals surface area contributed by atoms with E-state index in [0.29, 0.717) is 0 Å². The van der Waals surface area contributed by atoms with Crippen molar-refractivity contribution in [1.82, 2.24) is 0 Å². The van der Waals surface area contributed by atoms with E-state index in [9.17, 15) is 4.39 Å². The summed E-state index contributed by atoms with van der Waals surface area (Å²) in [5, 5.41) is 17.0. The third kappa shape index (κ3) is 1.36. The number of benzene rings is 1. The van der Waals surface area contributed by atoms with Crippen molar-refractivity contribution in [3.63, 3.8) is 0 Å². The molecule has 0 aromatic heterocycles. The largest absolute Gasteiger partial charge is 0.392 e. The molecule has 0 spiro atoms. The maximum atomic E-state index is 12.9. The summed E-state index contributed by atoms with van der Waals surface area (Å²) in [6, 6.07) is 6.03. The molecular weight excluding hydrogens is 145 g/mol. The van der Waals surface area contributed by atoms with E-state index in [1.807, 2.05) is 0 Å². The second-order valence-electron chi connectivity index (χ2n) is 2.05. The van der Waals surface area contributed by atoms with Crippen molar-refractivity contribution in [2.24, 2.45) is 0 Å². The third-order valence-corrected chi connectivity index (χ3v) is 1.37. The zero-order valence-corrected chi connectivity index (χ0v) is 5.71. The Hall–Kier alpha value is -1.40. The van der Waals surface area contributed by atoms with Crippen LogP contribution in [0.25, 0.3) is 0 Å². The topological polar surface area (TPSA) is 44.0 Å². The van der Waals surface area contributed by atoms with Crippen LogP contribution in [0.1, 0.15) is 11.1 Å². The van der Waals surface area contributed by atoms with Gasteiger partial charge in [0.05, 0.1) is 12.2 Å². The molecule has 1 aromatic carbocycles. The first kappa shape index (κ1) is 7.70. The molecule has 0 saturated heterocycles. The van der Waals surface area contributed by atoms with E-state index in [0.717, 1.165) is 0 Å². The highest BCUT2D eigenvalue weighted by molar-refractivity contribution is 5.34. The van der Waals surface area contributed by atoms with Crippen molar-refractivity contribution in [2.75, 3.05) is 0 Å². The average Bonchev–Trinajstić information content (AvgIpc) is 2.05. The zero-order valence-electron chi connectivity index (χ0n) is 5.71. The Morgan fingerprint density at radius 1 is 1.55 bits per heavy atom. The average molecular weight is 151 g/mol. The summed E-state index contributed by atoms with van der Waals surface area (Å²) in [5.74, 6) is -0.627. The maximum Gasteiger partial charge on any atom is 0.146 e. The summed E-state index contributed by atoms with van der Waals surface area (Å²) >= 11 is 0. The van der Waals surface area contributed by atoms with E-state index >= 15 is 0 Å². The summed E-state index contributed by atoms with van der Waals surface area (Å²) < 4.78 is 12.9. The van der Waals surface area contributed by atoms with Gasteiger partial charge in [0.1, 0.15) is 11.9 Å². The van der Waals surface area contributed by atoms with Gasteiger partial charge in [-0.15, -0.1) is 0 Å². The molecule has 0 fully saturated rings. The van der Waals surface area contributed by atoms with Gasteiger partial charge in [-0.25, -0.2) is 4.39 Å². The number of hydrogen-bond acceptors (Lipinski definition) is 2. The van der Waals surface area contributed by atoms with Crippen molar-refractivity contribution in [2.45, 2.75) is 6.61 Å². The molecule has 0 saturated carbocycles.